The molecule has 0 spiro atoms. The van der Waals surface area contributed by atoms with Crippen molar-refractivity contribution in [3.63, 3.8) is 0 Å². The third kappa shape index (κ3) is 5.76. The quantitative estimate of drug-likeness (QED) is 0.378. The van der Waals surface area contributed by atoms with Crippen LogP contribution in [0.5, 0.6) is 0 Å². The van der Waals surface area contributed by atoms with Gasteiger partial charge in [-0.15, -0.1) is 0 Å². The molecule has 1 aromatic carbocycles. The standard InChI is InChI=1S/C14H18N4OS/c1-3-4-5-13(19)17-11-6-8-12(9-7-11)18-14(20-2)16-10-15/h6-9H,3-5H2,1-2H3,(H,16,18)(H,17,19). The molecule has 0 fully saturated rings. The van der Waals surface area contributed by atoms with Crippen LogP contribution < -0.4 is 10.6 Å². The summed E-state index contributed by atoms with van der Waals surface area (Å²) in [6.45, 7) is 2.05. The minimum atomic E-state index is 0.0269. The Kier molecular flexibility index (Phi) is 7.22. The number of nitrogens with one attached hydrogen (secondary N) is 2. The number of carbonyl (C=O) groups excluding carboxylic acids is 1. The minimum Gasteiger partial charge on any atom is -0.326 e. The van der Waals surface area contributed by atoms with E-state index >= 15 is 0 Å². The molecule has 1 amide bonds. The first-order valence-electron chi connectivity index (χ1n) is 6.37. The van der Waals surface area contributed by atoms with E-state index in [1.54, 1.807) is 24.3 Å². The fraction of sp³-hybridized carbons (Fsp3) is 0.357. The molecule has 1 rings (SSSR count). The number of hydrogen-bond donors (Lipinski definition) is 2. The number of amides is 1. The number of nitrogens with zero attached hydrogens (tertiary/aromatic N) is 2. The predicted octanol–water partition coefficient (Wildman–Crippen LogP) is 3.24. The van der Waals surface area contributed by atoms with Crippen LogP contribution in [0.1, 0.15) is 26.2 Å². The lowest BCUT2D eigenvalue weighted by molar-refractivity contribution is -0.116. The molecule has 0 radical (unpaired) electrons. The highest BCUT2D eigenvalue weighted by Gasteiger charge is 2.02. The van der Waals surface area contributed by atoms with Crippen molar-refractivity contribution in [3.8, 4) is 6.19 Å². The van der Waals surface area contributed by atoms with E-state index < -0.39 is 0 Å². The third-order valence-electron chi connectivity index (χ3n) is 2.50. The van der Waals surface area contributed by atoms with E-state index in [9.17, 15) is 4.79 Å². The first kappa shape index (κ1) is 16.1. The van der Waals surface area contributed by atoms with Crippen LogP contribution in [0.4, 0.5) is 11.4 Å². The zero-order valence-electron chi connectivity index (χ0n) is 11.6. The number of anilines is 1. The first-order valence-corrected chi connectivity index (χ1v) is 7.59. The molecule has 0 unspecified atom stereocenters. The second kappa shape index (κ2) is 8.99. The molecular weight excluding hydrogens is 272 g/mol. The van der Waals surface area contributed by atoms with Crippen LogP contribution in [0.15, 0.2) is 29.3 Å². The van der Waals surface area contributed by atoms with Gasteiger partial charge in [-0.2, -0.15) is 5.26 Å². The van der Waals surface area contributed by atoms with Crippen LogP contribution in [0, 0.1) is 11.5 Å². The Morgan fingerprint density at radius 2 is 2.10 bits per heavy atom. The summed E-state index contributed by atoms with van der Waals surface area (Å²) in [6, 6.07) is 7.19. The number of aliphatic imine (C=N–C) groups is 1. The highest BCUT2D eigenvalue weighted by molar-refractivity contribution is 8.13. The van der Waals surface area contributed by atoms with Gasteiger partial charge < -0.3 is 5.32 Å². The number of unbranched alkanes of at least 4 members (excludes halogenated alkanes) is 1. The maximum atomic E-state index is 11.6. The molecule has 106 valence electrons. The van der Waals surface area contributed by atoms with Gasteiger partial charge in [0.2, 0.25) is 5.91 Å². The Bertz CT molecular complexity index is 505. The van der Waals surface area contributed by atoms with Gasteiger partial charge in [0, 0.05) is 12.1 Å². The van der Waals surface area contributed by atoms with Gasteiger partial charge in [-0.3, -0.25) is 10.1 Å². The predicted molar refractivity (Wildman–Crippen MR) is 84.0 cm³/mol. The molecule has 20 heavy (non-hydrogen) atoms. The maximum Gasteiger partial charge on any atom is 0.224 e. The van der Waals surface area contributed by atoms with E-state index in [1.807, 2.05) is 12.4 Å². The van der Waals surface area contributed by atoms with E-state index in [0.29, 0.717) is 11.6 Å². The topological polar surface area (TPSA) is 77.3 Å². The Hall–Kier alpha value is -2.00. The SMILES string of the molecule is CCCCC(=O)Nc1ccc(N=C(NC#N)SC)cc1. The number of carbonyl (C=O) groups is 1. The lowest BCUT2D eigenvalue weighted by Gasteiger charge is -2.05. The highest BCUT2D eigenvalue weighted by Crippen LogP contribution is 2.18. The fourth-order valence-electron chi connectivity index (χ4n) is 1.47. The van der Waals surface area contributed by atoms with Crippen molar-refractivity contribution < 1.29 is 4.79 Å². The number of benzene rings is 1. The summed E-state index contributed by atoms with van der Waals surface area (Å²) in [6.07, 6.45) is 6.12. The summed E-state index contributed by atoms with van der Waals surface area (Å²) in [5.41, 5.74) is 1.48. The van der Waals surface area contributed by atoms with Gasteiger partial charge in [0.15, 0.2) is 11.4 Å². The maximum absolute atomic E-state index is 11.6. The van der Waals surface area contributed by atoms with Crippen LogP contribution in [-0.4, -0.2) is 17.3 Å². The van der Waals surface area contributed by atoms with Gasteiger partial charge in [-0.1, -0.05) is 25.1 Å². The molecule has 0 saturated carbocycles. The fourth-order valence-corrected chi connectivity index (χ4v) is 1.81. The molecule has 0 bridgehead atoms. The minimum absolute atomic E-state index is 0.0269. The van der Waals surface area contributed by atoms with Crippen LogP contribution in [0.25, 0.3) is 0 Å². The zero-order valence-corrected chi connectivity index (χ0v) is 12.5. The Balaban J connectivity index is 2.64. The monoisotopic (exact) mass is 290 g/mol. The van der Waals surface area contributed by atoms with Crippen LogP contribution in [0.2, 0.25) is 0 Å². The van der Waals surface area contributed by atoms with Crippen molar-refractivity contribution in [2.45, 2.75) is 26.2 Å². The lowest BCUT2D eigenvalue weighted by atomic mass is 10.2. The molecule has 5 nitrogen and oxygen atoms in total. The summed E-state index contributed by atoms with van der Waals surface area (Å²) >= 11 is 1.36. The second-order valence-corrected chi connectivity index (χ2v) is 4.85. The van der Waals surface area contributed by atoms with E-state index in [4.69, 9.17) is 5.26 Å². The number of amidine groups is 1. The van der Waals surface area contributed by atoms with Crippen molar-refractivity contribution in [3.05, 3.63) is 24.3 Å². The summed E-state index contributed by atoms with van der Waals surface area (Å²) < 4.78 is 0. The highest BCUT2D eigenvalue weighted by atomic mass is 32.2. The molecular formula is C14H18N4OS. The number of hydrogen-bond acceptors (Lipinski definition) is 4. The van der Waals surface area contributed by atoms with Gasteiger partial charge in [-0.25, -0.2) is 4.99 Å². The van der Waals surface area contributed by atoms with Gasteiger partial charge >= 0.3 is 0 Å². The van der Waals surface area contributed by atoms with E-state index in [-0.39, 0.29) is 5.91 Å². The van der Waals surface area contributed by atoms with E-state index in [2.05, 4.69) is 22.5 Å². The molecule has 1 aromatic rings. The van der Waals surface area contributed by atoms with Crippen molar-refractivity contribution in [2.75, 3.05) is 11.6 Å². The Morgan fingerprint density at radius 3 is 2.65 bits per heavy atom. The molecule has 0 heterocycles. The van der Waals surface area contributed by atoms with Crippen LogP contribution in [-0.2, 0) is 4.79 Å². The molecule has 2 N–H and O–H groups in total. The van der Waals surface area contributed by atoms with Gasteiger partial charge in [0.25, 0.3) is 0 Å². The second-order valence-electron chi connectivity index (χ2n) is 4.06. The molecule has 0 aliphatic heterocycles. The average Bonchev–Trinajstić information content (AvgIpc) is 2.46. The average molecular weight is 290 g/mol. The molecule has 0 aliphatic rings. The first-order chi connectivity index (χ1) is 9.69. The van der Waals surface area contributed by atoms with Crippen molar-refractivity contribution >= 4 is 34.2 Å². The number of rotatable bonds is 5. The van der Waals surface area contributed by atoms with Crippen molar-refractivity contribution in [2.24, 2.45) is 4.99 Å². The Morgan fingerprint density at radius 1 is 1.40 bits per heavy atom. The normalized spacial score (nSPS) is 10.8. The number of nitriles is 1. The molecule has 0 saturated heterocycles. The molecule has 0 aliphatic carbocycles. The molecule has 6 heteroatoms. The van der Waals surface area contributed by atoms with Crippen LogP contribution in [0.3, 0.4) is 0 Å². The Labute approximate surface area is 123 Å². The van der Waals surface area contributed by atoms with Gasteiger partial charge in [0.1, 0.15) is 0 Å². The van der Waals surface area contributed by atoms with Gasteiger partial charge in [-0.05, 0) is 36.9 Å². The summed E-state index contributed by atoms with van der Waals surface area (Å²) in [5, 5.41) is 14.4. The van der Waals surface area contributed by atoms with Crippen LogP contribution >= 0.6 is 11.8 Å². The van der Waals surface area contributed by atoms with E-state index in [0.717, 1.165) is 24.2 Å². The smallest absolute Gasteiger partial charge is 0.224 e. The van der Waals surface area contributed by atoms with Gasteiger partial charge in [0.05, 0.1) is 5.69 Å². The largest absolute Gasteiger partial charge is 0.326 e. The van der Waals surface area contributed by atoms with E-state index in [1.165, 1.54) is 11.8 Å². The summed E-state index contributed by atoms with van der Waals surface area (Å²) in [5.74, 6) is 0.0269. The lowest BCUT2D eigenvalue weighted by Crippen LogP contribution is -2.12. The summed E-state index contributed by atoms with van der Waals surface area (Å²) in [7, 11) is 0. The van der Waals surface area contributed by atoms with Crippen molar-refractivity contribution in [1.82, 2.24) is 5.32 Å². The molecule has 0 aromatic heterocycles. The zero-order chi connectivity index (χ0) is 14.8. The number of thioether (sulfide) groups is 1. The molecule has 0 atom stereocenters. The van der Waals surface area contributed by atoms with Crippen molar-refractivity contribution in [1.29, 1.82) is 5.26 Å². The summed E-state index contributed by atoms with van der Waals surface area (Å²) in [4.78, 5) is 15.8. The third-order valence-corrected chi connectivity index (χ3v) is 3.08.